The molecule has 4 heteroatoms. The van der Waals surface area contributed by atoms with E-state index in [1.165, 1.54) is 11.1 Å². The molecule has 0 unspecified atom stereocenters. The maximum atomic E-state index is 6.29. The van der Waals surface area contributed by atoms with Crippen molar-refractivity contribution in [3.05, 3.63) is 71.7 Å². The molecule has 0 amide bonds. The van der Waals surface area contributed by atoms with E-state index >= 15 is 0 Å². The first-order valence-electron chi connectivity index (χ1n) is 7.80. The smallest absolute Gasteiger partial charge is 0.123 e. The van der Waals surface area contributed by atoms with Gasteiger partial charge in [-0.2, -0.15) is 0 Å². The molecule has 0 aliphatic rings. The number of hydrogen-bond acceptors (Lipinski definition) is 3. The fourth-order valence-corrected chi connectivity index (χ4v) is 2.75. The van der Waals surface area contributed by atoms with Crippen LogP contribution in [0.15, 0.2) is 54.7 Å². The van der Waals surface area contributed by atoms with Crippen molar-refractivity contribution in [1.29, 1.82) is 0 Å². The number of aromatic amines is 1. The van der Waals surface area contributed by atoms with Crippen molar-refractivity contribution in [2.24, 2.45) is 5.73 Å². The Bertz CT molecular complexity index is 777. The number of rotatable bonds is 5. The fourth-order valence-electron chi connectivity index (χ4n) is 2.75. The third-order valence-electron chi connectivity index (χ3n) is 4.05. The molecule has 4 N–H and O–H groups in total. The summed E-state index contributed by atoms with van der Waals surface area (Å²) in [6, 6.07) is 16.4. The van der Waals surface area contributed by atoms with Crippen LogP contribution >= 0.6 is 0 Å². The summed E-state index contributed by atoms with van der Waals surface area (Å²) in [5, 5.41) is 3.18. The number of nitrogens with zero attached hydrogens (tertiary/aromatic N) is 1. The van der Waals surface area contributed by atoms with Crippen molar-refractivity contribution in [3.8, 4) is 11.3 Å². The van der Waals surface area contributed by atoms with Crippen molar-refractivity contribution in [2.45, 2.75) is 19.4 Å². The van der Waals surface area contributed by atoms with Gasteiger partial charge in [-0.3, -0.25) is 0 Å². The van der Waals surface area contributed by atoms with Crippen LogP contribution in [0.1, 0.15) is 23.0 Å². The van der Waals surface area contributed by atoms with Gasteiger partial charge in [-0.05, 0) is 42.2 Å². The van der Waals surface area contributed by atoms with Gasteiger partial charge in [0.25, 0.3) is 0 Å². The number of hydrogen-bond donors (Lipinski definition) is 3. The number of aromatic nitrogens is 2. The van der Waals surface area contributed by atoms with E-state index in [2.05, 4.69) is 52.5 Å². The molecule has 0 radical (unpaired) electrons. The lowest BCUT2D eigenvalue weighted by Crippen LogP contribution is -2.14. The van der Waals surface area contributed by atoms with Crippen molar-refractivity contribution < 1.29 is 0 Å². The van der Waals surface area contributed by atoms with Gasteiger partial charge in [0.1, 0.15) is 5.82 Å². The summed E-state index contributed by atoms with van der Waals surface area (Å²) in [6.07, 6.45) is 2.62. The van der Waals surface area contributed by atoms with Crippen LogP contribution in [-0.2, 0) is 6.42 Å². The van der Waals surface area contributed by atoms with Crippen LogP contribution in [-0.4, -0.2) is 17.0 Å². The Balaban J connectivity index is 1.78. The van der Waals surface area contributed by atoms with Crippen molar-refractivity contribution >= 4 is 5.69 Å². The maximum Gasteiger partial charge on any atom is 0.123 e. The largest absolute Gasteiger partial charge is 0.388 e. The van der Waals surface area contributed by atoms with Crippen LogP contribution in [0.4, 0.5) is 5.69 Å². The molecular weight excluding hydrogens is 284 g/mol. The predicted octanol–water partition coefficient (Wildman–Crippen LogP) is 3.67. The Morgan fingerprint density at radius 3 is 2.65 bits per heavy atom. The maximum absolute atomic E-state index is 6.29. The number of nitrogens with one attached hydrogen (secondary N) is 2. The van der Waals surface area contributed by atoms with Gasteiger partial charge in [0.15, 0.2) is 0 Å². The minimum absolute atomic E-state index is 0.135. The molecule has 0 aliphatic carbocycles. The average molecular weight is 306 g/mol. The monoisotopic (exact) mass is 306 g/mol. The van der Waals surface area contributed by atoms with Crippen LogP contribution in [0, 0.1) is 6.92 Å². The summed E-state index contributed by atoms with van der Waals surface area (Å²) >= 11 is 0. The van der Waals surface area contributed by atoms with Gasteiger partial charge in [0.2, 0.25) is 0 Å². The first-order valence-corrected chi connectivity index (χ1v) is 7.80. The second-order valence-corrected chi connectivity index (χ2v) is 5.76. The van der Waals surface area contributed by atoms with Crippen molar-refractivity contribution in [1.82, 2.24) is 9.97 Å². The Labute approximate surface area is 136 Å². The lowest BCUT2D eigenvalue weighted by atomic mass is 10.1. The van der Waals surface area contributed by atoms with E-state index in [9.17, 15) is 0 Å². The van der Waals surface area contributed by atoms with Crippen LogP contribution in [0.2, 0.25) is 0 Å². The highest BCUT2D eigenvalue weighted by Gasteiger charge is 2.12. The van der Waals surface area contributed by atoms with Gasteiger partial charge >= 0.3 is 0 Å². The second kappa shape index (κ2) is 6.67. The zero-order valence-electron chi connectivity index (χ0n) is 13.5. The highest BCUT2D eigenvalue weighted by molar-refractivity contribution is 5.65. The zero-order valence-corrected chi connectivity index (χ0v) is 13.5. The molecule has 1 aromatic heterocycles. The first kappa shape index (κ1) is 15.3. The summed E-state index contributed by atoms with van der Waals surface area (Å²) in [6.45, 7) is 2.09. The van der Waals surface area contributed by atoms with Gasteiger partial charge < -0.3 is 16.0 Å². The van der Waals surface area contributed by atoms with Gasteiger partial charge in [-0.15, -0.1) is 0 Å². The quantitative estimate of drug-likeness (QED) is 0.674. The molecule has 0 saturated heterocycles. The lowest BCUT2D eigenvalue weighted by Gasteiger charge is -2.09. The number of H-pyrrole nitrogens is 1. The minimum Gasteiger partial charge on any atom is -0.388 e. The van der Waals surface area contributed by atoms with Gasteiger partial charge in [-0.25, -0.2) is 4.98 Å². The highest BCUT2D eigenvalue weighted by Crippen LogP contribution is 2.24. The summed E-state index contributed by atoms with van der Waals surface area (Å²) in [5.41, 5.74) is 12.0. The third kappa shape index (κ3) is 3.43. The molecule has 1 atom stereocenters. The first-order chi connectivity index (χ1) is 11.2. The van der Waals surface area contributed by atoms with E-state index in [1.807, 2.05) is 31.4 Å². The van der Waals surface area contributed by atoms with Gasteiger partial charge in [0, 0.05) is 12.7 Å². The van der Waals surface area contributed by atoms with Crippen LogP contribution in [0.25, 0.3) is 11.3 Å². The van der Waals surface area contributed by atoms with E-state index in [1.54, 1.807) is 0 Å². The number of benzene rings is 2. The number of anilines is 1. The molecule has 0 spiro atoms. The number of aryl methyl sites for hydroxylation is 1. The normalized spacial score (nSPS) is 12.1. The third-order valence-corrected chi connectivity index (χ3v) is 4.05. The predicted molar refractivity (Wildman–Crippen MR) is 95.4 cm³/mol. The molecule has 118 valence electrons. The van der Waals surface area contributed by atoms with Crippen LogP contribution < -0.4 is 11.1 Å². The van der Waals surface area contributed by atoms with Crippen molar-refractivity contribution in [3.63, 3.8) is 0 Å². The average Bonchev–Trinajstić information content (AvgIpc) is 3.06. The zero-order chi connectivity index (χ0) is 16.2. The molecule has 4 nitrogen and oxygen atoms in total. The topological polar surface area (TPSA) is 66.7 Å². The summed E-state index contributed by atoms with van der Waals surface area (Å²) in [4.78, 5) is 7.82. The fraction of sp³-hybridized carbons (Fsp3) is 0.211. The minimum atomic E-state index is -0.135. The number of nitrogens with two attached hydrogens (primary N) is 1. The summed E-state index contributed by atoms with van der Waals surface area (Å²) in [7, 11) is 1.93. The van der Waals surface area contributed by atoms with Gasteiger partial charge in [0.05, 0.1) is 17.9 Å². The Morgan fingerprint density at radius 2 is 1.96 bits per heavy atom. The standard InChI is InChI=1S/C19H22N4/c1-13-10-15(8-9-17(13)21-2)18-12-22-19(23-18)16(20)11-14-6-4-3-5-7-14/h3-10,12,16,21H,11,20H2,1-2H3,(H,22,23)/t16-/m0/s1. The van der Waals surface area contributed by atoms with Crippen molar-refractivity contribution in [2.75, 3.05) is 12.4 Å². The number of imidazole rings is 1. The van der Waals surface area contributed by atoms with Crippen LogP contribution in [0.3, 0.4) is 0 Å². The Kier molecular flexibility index (Phi) is 4.44. The summed E-state index contributed by atoms with van der Waals surface area (Å²) in [5.74, 6) is 0.819. The molecule has 0 aliphatic heterocycles. The molecule has 1 heterocycles. The molecule has 23 heavy (non-hydrogen) atoms. The molecular formula is C19H22N4. The SMILES string of the molecule is CNc1ccc(-c2cnc([C@@H](N)Cc3ccccc3)[nH]2)cc1C. The van der Waals surface area contributed by atoms with Crippen LogP contribution in [0.5, 0.6) is 0 Å². The van der Waals surface area contributed by atoms with Gasteiger partial charge in [-0.1, -0.05) is 36.4 Å². The van der Waals surface area contributed by atoms with E-state index in [0.29, 0.717) is 0 Å². The van der Waals surface area contributed by atoms with E-state index in [-0.39, 0.29) is 6.04 Å². The van der Waals surface area contributed by atoms with E-state index in [4.69, 9.17) is 5.73 Å². The van der Waals surface area contributed by atoms with E-state index < -0.39 is 0 Å². The lowest BCUT2D eigenvalue weighted by molar-refractivity contribution is 0.678. The molecule has 0 bridgehead atoms. The molecule has 0 fully saturated rings. The highest BCUT2D eigenvalue weighted by atomic mass is 15.0. The molecule has 3 rings (SSSR count). The Hall–Kier alpha value is -2.59. The van der Waals surface area contributed by atoms with E-state index in [0.717, 1.165) is 29.2 Å². The summed E-state index contributed by atoms with van der Waals surface area (Å²) < 4.78 is 0. The Morgan fingerprint density at radius 1 is 1.17 bits per heavy atom. The molecule has 2 aromatic carbocycles. The molecule has 0 saturated carbocycles. The molecule has 3 aromatic rings. The second-order valence-electron chi connectivity index (χ2n) is 5.76.